The minimum Gasteiger partial charge on any atom is -0.483 e. The summed E-state index contributed by atoms with van der Waals surface area (Å²) in [5.74, 6) is 1.60. The fourth-order valence-electron chi connectivity index (χ4n) is 3.69. The van der Waals surface area contributed by atoms with Gasteiger partial charge in [0, 0.05) is 32.3 Å². The van der Waals surface area contributed by atoms with Crippen LogP contribution in [-0.4, -0.2) is 30.6 Å². The molecule has 1 saturated heterocycles. The first-order valence-corrected chi connectivity index (χ1v) is 10.5. The minimum atomic E-state index is -0.135. The third-order valence-corrected chi connectivity index (χ3v) is 5.30. The van der Waals surface area contributed by atoms with Crippen LogP contribution < -0.4 is 15.0 Å². The van der Waals surface area contributed by atoms with Gasteiger partial charge in [-0.25, -0.2) is 4.98 Å². The topological polar surface area (TPSA) is 54.5 Å². The van der Waals surface area contributed by atoms with Crippen molar-refractivity contribution in [1.82, 2.24) is 10.3 Å². The maximum Gasteiger partial charge on any atom is 0.258 e. The van der Waals surface area contributed by atoms with Crippen molar-refractivity contribution in [3.8, 4) is 5.75 Å². The summed E-state index contributed by atoms with van der Waals surface area (Å²) in [6.07, 6.45) is 5.01. The van der Waals surface area contributed by atoms with Crippen LogP contribution in [0.25, 0.3) is 0 Å². The standard InChI is InChI=1S/C25H27N3O2/c29-25(27-18-21-12-13-26-24(17-21)28-14-6-7-15-28)19-30-23-11-5-4-10-22(23)16-20-8-2-1-3-9-20/h1-5,8-13,17H,6-7,14-16,18-19H2,(H,27,29). The second-order valence-corrected chi connectivity index (χ2v) is 7.55. The van der Waals surface area contributed by atoms with Crippen LogP contribution in [0.2, 0.25) is 0 Å². The molecule has 0 atom stereocenters. The van der Waals surface area contributed by atoms with Gasteiger partial charge in [0.25, 0.3) is 5.91 Å². The molecular formula is C25H27N3O2. The number of ether oxygens (including phenoxy) is 1. The van der Waals surface area contributed by atoms with Gasteiger partial charge in [0.05, 0.1) is 0 Å². The predicted octanol–water partition coefficient (Wildman–Crippen LogP) is 3.97. The van der Waals surface area contributed by atoms with Crippen molar-refractivity contribution < 1.29 is 9.53 Å². The van der Waals surface area contributed by atoms with Crippen molar-refractivity contribution in [1.29, 1.82) is 0 Å². The number of hydrogen-bond donors (Lipinski definition) is 1. The quantitative estimate of drug-likeness (QED) is 0.621. The maximum absolute atomic E-state index is 12.3. The maximum atomic E-state index is 12.3. The number of nitrogens with zero attached hydrogens (tertiary/aromatic N) is 2. The molecule has 5 nitrogen and oxygen atoms in total. The van der Waals surface area contributed by atoms with E-state index < -0.39 is 0 Å². The number of benzene rings is 2. The smallest absolute Gasteiger partial charge is 0.258 e. The Labute approximate surface area is 177 Å². The number of nitrogens with one attached hydrogen (secondary N) is 1. The second-order valence-electron chi connectivity index (χ2n) is 7.55. The van der Waals surface area contributed by atoms with Crippen LogP contribution in [-0.2, 0) is 17.8 Å². The van der Waals surface area contributed by atoms with E-state index in [-0.39, 0.29) is 12.5 Å². The Morgan fingerprint density at radius 2 is 1.73 bits per heavy atom. The van der Waals surface area contributed by atoms with E-state index in [2.05, 4.69) is 33.4 Å². The highest BCUT2D eigenvalue weighted by Crippen LogP contribution is 2.21. The molecule has 2 heterocycles. The second kappa shape index (κ2) is 9.92. The lowest BCUT2D eigenvalue weighted by Gasteiger charge is -2.17. The molecule has 4 rings (SSSR count). The first kappa shape index (κ1) is 20.0. The van der Waals surface area contributed by atoms with Gasteiger partial charge in [-0.15, -0.1) is 0 Å². The molecule has 0 saturated carbocycles. The zero-order chi connectivity index (χ0) is 20.6. The molecule has 1 aliphatic rings. The van der Waals surface area contributed by atoms with Crippen molar-refractivity contribution >= 4 is 11.7 Å². The van der Waals surface area contributed by atoms with Gasteiger partial charge in [-0.2, -0.15) is 0 Å². The molecule has 0 unspecified atom stereocenters. The van der Waals surface area contributed by atoms with Crippen LogP contribution in [0.1, 0.15) is 29.5 Å². The summed E-state index contributed by atoms with van der Waals surface area (Å²) < 4.78 is 5.83. The molecule has 30 heavy (non-hydrogen) atoms. The van der Waals surface area contributed by atoms with Crippen LogP contribution in [0.5, 0.6) is 5.75 Å². The number of rotatable bonds is 8. The van der Waals surface area contributed by atoms with Crippen molar-refractivity contribution in [2.24, 2.45) is 0 Å². The monoisotopic (exact) mass is 401 g/mol. The van der Waals surface area contributed by atoms with E-state index in [1.807, 2.05) is 54.7 Å². The molecular weight excluding hydrogens is 374 g/mol. The van der Waals surface area contributed by atoms with Crippen LogP contribution in [0.15, 0.2) is 72.9 Å². The van der Waals surface area contributed by atoms with Gasteiger partial charge in [-0.3, -0.25) is 4.79 Å². The van der Waals surface area contributed by atoms with Gasteiger partial charge in [0.15, 0.2) is 6.61 Å². The van der Waals surface area contributed by atoms with Gasteiger partial charge in [-0.1, -0.05) is 48.5 Å². The molecule has 1 N–H and O–H groups in total. The van der Waals surface area contributed by atoms with Crippen molar-refractivity contribution in [3.05, 3.63) is 89.6 Å². The molecule has 3 aromatic rings. The Balaban J connectivity index is 1.30. The number of pyridine rings is 1. The molecule has 1 fully saturated rings. The highest BCUT2D eigenvalue weighted by molar-refractivity contribution is 5.77. The van der Waals surface area contributed by atoms with Gasteiger partial charge < -0.3 is 15.0 Å². The van der Waals surface area contributed by atoms with Gasteiger partial charge in [0.2, 0.25) is 0 Å². The molecule has 1 amide bonds. The number of anilines is 1. The van der Waals surface area contributed by atoms with E-state index in [0.717, 1.165) is 42.2 Å². The van der Waals surface area contributed by atoms with Crippen molar-refractivity contribution in [2.75, 3.05) is 24.6 Å². The number of para-hydroxylation sites is 1. The Morgan fingerprint density at radius 1 is 0.967 bits per heavy atom. The van der Waals surface area contributed by atoms with Crippen LogP contribution >= 0.6 is 0 Å². The average molecular weight is 402 g/mol. The zero-order valence-electron chi connectivity index (χ0n) is 17.1. The highest BCUT2D eigenvalue weighted by atomic mass is 16.5. The predicted molar refractivity (Wildman–Crippen MR) is 119 cm³/mol. The van der Waals surface area contributed by atoms with Crippen molar-refractivity contribution in [2.45, 2.75) is 25.8 Å². The lowest BCUT2D eigenvalue weighted by atomic mass is 10.0. The summed E-state index contributed by atoms with van der Waals surface area (Å²) in [5.41, 5.74) is 3.33. The van der Waals surface area contributed by atoms with E-state index in [1.165, 1.54) is 18.4 Å². The van der Waals surface area contributed by atoms with E-state index >= 15 is 0 Å². The molecule has 2 aromatic carbocycles. The lowest BCUT2D eigenvalue weighted by Crippen LogP contribution is -2.28. The summed E-state index contributed by atoms with van der Waals surface area (Å²) in [6.45, 7) is 2.57. The Bertz CT molecular complexity index is 969. The SMILES string of the molecule is O=C(COc1ccccc1Cc1ccccc1)NCc1ccnc(N2CCCC2)c1. The highest BCUT2D eigenvalue weighted by Gasteiger charge is 2.14. The number of aromatic nitrogens is 1. The molecule has 1 aliphatic heterocycles. The third kappa shape index (κ3) is 5.38. The average Bonchev–Trinajstić information content (AvgIpc) is 3.33. The first-order chi connectivity index (χ1) is 14.8. The van der Waals surface area contributed by atoms with Gasteiger partial charge in [-0.05, 0) is 47.7 Å². The molecule has 0 radical (unpaired) electrons. The van der Waals surface area contributed by atoms with Gasteiger partial charge in [0.1, 0.15) is 11.6 Å². The Hall–Kier alpha value is -3.34. The van der Waals surface area contributed by atoms with Crippen molar-refractivity contribution in [3.63, 3.8) is 0 Å². The van der Waals surface area contributed by atoms with E-state index in [9.17, 15) is 4.79 Å². The van der Waals surface area contributed by atoms with E-state index in [1.54, 1.807) is 0 Å². The Kier molecular flexibility index (Phi) is 6.60. The molecule has 0 bridgehead atoms. The fraction of sp³-hybridized carbons (Fsp3) is 0.280. The van der Waals surface area contributed by atoms with Crippen LogP contribution in [0.4, 0.5) is 5.82 Å². The minimum absolute atomic E-state index is 0.00410. The van der Waals surface area contributed by atoms with Gasteiger partial charge >= 0.3 is 0 Å². The molecule has 5 heteroatoms. The summed E-state index contributed by atoms with van der Waals surface area (Å²) in [5, 5.41) is 2.95. The van der Waals surface area contributed by atoms with E-state index in [4.69, 9.17) is 4.74 Å². The lowest BCUT2D eigenvalue weighted by molar-refractivity contribution is -0.123. The number of carbonyl (C=O) groups is 1. The van der Waals surface area contributed by atoms with Crippen LogP contribution in [0, 0.1) is 0 Å². The molecule has 0 aliphatic carbocycles. The molecule has 154 valence electrons. The normalized spacial score (nSPS) is 13.3. The number of amides is 1. The fourth-order valence-corrected chi connectivity index (χ4v) is 3.69. The number of hydrogen-bond acceptors (Lipinski definition) is 4. The summed E-state index contributed by atoms with van der Waals surface area (Å²) in [7, 11) is 0. The van der Waals surface area contributed by atoms with E-state index in [0.29, 0.717) is 6.54 Å². The van der Waals surface area contributed by atoms with Crippen LogP contribution in [0.3, 0.4) is 0 Å². The molecule has 1 aromatic heterocycles. The molecule has 0 spiro atoms. The summed E-state index contributed by atoms with van der Waals surface area (Å²) in [4.78, 5) is 19.1. The zero-order valence-corrected chi connectivity index (χ0v) is 17.1. The largest absolute Gasteiger partial charge is 0.483 e. The summed E-state index contributed by atoms with van der Waals surface area (Å²) >= 11 is 0. The first-order valence-electron chi connectivity index (χ1n) is 10.5. The third-order valence-electron chi connectivity index (χ3n) is 5.30. The Morgan fingerprint density at radius 3 is 2.57 bits per heavy atom. The summed E-state index contributed by atoms with van der Waals surface area (Å²) in [6, 6.07) is 22.1. The number of carbonyl (C=O) groups excluding carboxylic acids is 1.